The number of ether oxygens (including phenoxy) is 1. The van der Waals surface area contributed by atoms with Gasteiger partial charge in [-0.3, -0.25) is 4.99 Å². The Bertz CT molecular complexity index is 440. The summed E-state index contributed by atoms with van der Waals surface area (Å²) in [5.74, 6) is 0.699. The fourth-order valence-corrected chi connectivity index (χ4v) is 3.21. The van der Waals surface area contributed by atoms with Gasteiger partial charge in [-0.25, -0.2) is 13.1 Å². The van der Waals surface area contributed by atoms with E-state index in [4.69, 9.17) is 4.74 Å². The van der Waals surface area contributed by atoms with Gasteiger partial charge < -0.3 is 15.4 Å². The van der Waals surface area contributed by atoms with Crippen LogP contribution in [0.15, 0.2) is 4.99 Å². The number of hydrogen-bond acceptors (Lipinski definition) is 4. The molecule has 0 aromatic heterocycles. The lowest BCUT2D eigenvalue weighted by Gasteiger charge is -2.22. The fraction of sp³-hybridized carbons (Fsp3) is 0.933. The van der Waals surface area contributed by atoms with Crippen molar-refractivity contribution in [3.63, 3.8) is 0 Å². The fourth-order valence-electron chi connectivity index (χ4n) is 2.25. The highest BCUT2D eigenvalue weighted by atomic mass is 127. The van der Waals surface area contributed by atoms with Gasteiger partial charge in [0.15, 0.2) is 5.96 Å². The SMILES string of the molecule is CCCCN=C(NCC)NCCS(=O)(=O)NCC1CCCCO1.I. The van der Waals surface area contributed by atoms with Crippen LogP contribution >= 0.6 is 24.0 Å². The van der Waals surface area contributed by atoms with Crippen LogP contribution in [0.4, 0.5) is 0 Å². The van der Waals surface area contributed by atoms with Crippen molar-refractivity contribution in [3.05, 3.63) is 0 Å². The van der Waals surface area contributed by atoms with Crippen molar-refractivity contribution in [1.82, 2.24) is 15.4 Å². The molecule has 0 bridgehead atoms. The molecule has 0 radical (unpaired) electrons. The van der Waals surface area contributed by atoms with Crippen LogP contribution in [0.3, 0.4) is 0 Å². The van der Waals surface area contributed by atoms with Gasteiger partial charge in [0, 0.05) is 32.8 Å². The average Bonchev–Trinajstić information content (AvgIpc) is 2.54. The van der Waals surface area contributed by atoms with Crippen molar-refractivity contribution in [2.24, 2.45) is 4.99 Å². The summed E-state index contributed by atoms with van der Waals surface area (Å²) in [6.45, 7) is 7.03. The Balaban J connectivity index is 0.00000529. The zero-order chi connectivity index (χ0) is 17.0. The molecule has 0 aromatic carbocycles. The van der Waals surface area contributed by atoms with Crippen LogP contribution in [0, 0.1) is 0 Å². The number of halogens is 1. The summed E-state index contributed by atoms with van der Waals surface area (Å²) in [6, 6.07) is 0. The molecule has 0 aromatic rings. The van der Waals surface area contributed by atoms with Crippen LogP contribution in [0.25, 0.3) is 0 Å². The Labute approximate surface area is 163 Å². The number of unbranched alkanes of at least 4 members (excludes halogenated alkanes) is 1. The predicted octanol–water partition coefficient (Wildman–Crippen LogP) is 1.45. The molecule has 0 amide bonds. The molecule has 1 fully saturated rings. The third kappa shape index (κ3) is 11.4. The van der Waals surface area contributed by atoms with Gasteiger partial charge in [-0.15, -0.1) is 24.0 Å². The molecule has 0 spiro atoms. The van der Waals surface area contributed by atoms with Crippen molar-refractivity contribution >= 4 is 40.0 Å². The van der Waals surface area contributed by atoms with E-state index in [1.165, 1.54) is 0 Å². The summed E-state index contributed by atoms with van der Waals surface area (Å²) in [5, 5.41) is 6.18. The smallest absolute Gasteiger partial charge is 0.213 e. The van der Waals surface area contributed by atoms with Crippen LogP contribution in [0.2, 0.25) is 0 Å². The summed E-state index contributed by atoms with van der Waals surface area (Å²) in [4.78, 5) is 4.40. The molecule has 24 heavy (non-hydrogen) atoms. The first-order valence-corrected chi connectivity index (χ1v) is 10.3. The lowest BCUT2D eigenvalue weighted by Crippen LogP contribution is -2.42. The van der Waals surface area contributed by atoms with E-state index < -0.39 is 10.0 Å². The molecule has 9 heteroatoms. The Morgan fingerprint density at radius 1 is 1.25 bits per heavy atom. The van der Waals surface area contributed by atoms with E-state index in [2.05, 4.69) is 27.3 Å². The number of rotatable bonds is 10. The van der Waals surface area contributed by atoms with Gasteiger partial charge in [-0.2, -0.15) is 0 Å². The van der Waals surface area contributed by atoms with E-state index in [0.29, 0.717) is 19.0 Å². The minimum Gasteiger partial charge on any atom is -0.377 e. The van der Waals surface area contributed by atoms with Gasteiger partial charge in [0.25, 0.3) is 0 Å². The second-order valence-electron chi connectivity index (χ2n) is 5.70. The van der Waals surface area contributed by atoms with Crippen molar-refractivity contribution in [3.8, 4) is 0 Å². The molecule has 1 heterocycles. The van der Waals surface area contributed by atoms with Gasteiger partial charge in [-0.05, 0) is 32.6 Å². The molecular weight excluding hydrogens is 443 g/mol. The summed E-state index contributed by atoms with van der Waals surface area (Å²) in [5.41, 5.74) is 0. The average molecular weight is 476 g/mol. The second kappa shape index (κ2) is 14.1. The van der Waals surface area contributed by atoms with Gasteiger partial charge in [0.05, 0.1) is 11.9 Å². The number of hydrogen-bond donors (Lipinski definition) is 3. The highest BCUT2D eigenvalue weighted by molar-refractivity contribution is 14.0. The number of aliphatic imine (C=N–C) groups is 1. The first-order chi connectivity index (χ1) is 11.1. The quantitative estimate of drug-likeness (QED) is 0.192. The molecule has 1 aliphatic heterocycles. The van der Waals surface area contributed by atoms with E-state index >= 15 is 0 Å². The normalized spacial score (nSPS) is 18.8. The standard InChI is InChI=1S/C15H32N4O3S.HI/c1-3-5-9-17-15(16-4-2)18-10-12-23(20,21)19-13-14-8-6-7-11-22-14;/h14,19H,3-13H2,1-2H3,(H2,16,17,18);1H. The summed E-state index contributed by atoms with van der Waals surface area (Å²) in [6.07, 6.45) is 5.23. The molecule has 0 aliphatic carbocycles. The molecule has 1 saturated heterocycles. The topological polar surface area (TPSA) is 91.8 Å². The zero-order valence-corrected chi connectivity index (χ0v) is 18.0. The lowest BCUT2D eigenvalue weighted by atomic mass is 10.1. The predicted molar refractivity (Wildman–Crippen MR) is 110 cm³/mol. The first-order valence-electron chi connectivity index (χ1n) is 8.68. The minimum absolute atomic E-state index is 0. The maximum absolute atomic E-state index is 12.0. The van der Waals surface area contributed by atoms with Gasteiger partial charge in [0.2, 0.25) is 10.0 Å². The number of nitrogens with one attached hydrogen (secondary N) is 3. The molecular formula is C15H33IN4O3S. The number of nitrogens with zero attached hydrogens (tertiary/aromatic N) is 1. The van der Waals surface area contributed by atoms with Crippen LogP contribution < -0.4 is 15.4 Å². The summed E-state index contributed by atoms with van der Waals surface area (Å²) >= 11 is 0. The second-order valence-corrected chi connectivity index (χ2v) is 7.62. The van der Waals surface area contributed by atoms with Crippen molar-refractivity contribution in [2.45, 2.75) is 52.1 Å². The minimum atomic E-state index is -3.29. The summed E-state index contributed by atoms with van der Waals surface area (Å²) < 4.78 is 32.2. The van der Waals surface area contributed by atoms with E-state index in [0.717, 1.165) is 51.8 Å². The third-order valence-electron chi connectivity index (χ3n) is 3.59. The molecule has 0 saturated carbocycles. The van der Waals surface area contributed by atoms with E-state index in [1.807, 2.05) is 6.92 Å². The highest BCUT2D eigenvalue weighted by Gasteiger charge is 2.17. The Morgan fingerprint density at radius 3 is 2.67 bits per heavy atom. The maximum atomic E-state index is 12.0. The molecule has 1 rings (SSSR count). The van der Waals surface area contributed by atoms with Gasteiger partial charge in [0.1, 0.15) is 0 Å². The van der Waals surface area contributed by atoms with Crippen LogP contribution in [-0.2, 0) is 14.8 Å². The van der Waals surface area contributed by atoms with E-state index in [-0.39, 0.29) is 35.8 Å². The van der Waals surface area contributed by atoms with Crippen LogP contribution in [-0.4, -0.2) is 59.0 Å². The van der Waals surface area contributed by atoms with E-state index in [9.17, 15) is 8.42 Å². The van der Waals surface area contributed by atoms with Crippen molar-refractivity contribution < 1.29 is 13.2 Å². The highest BCUT2D eigenvalue weighted by Crippen LogP contribution is 2.11. The Hall–Kier alpha value is -0.130. The Kier molecular flexibility index (Phi) is 14.0. The lowest BCUT2D eigenvalue weighted by molar-refractivity contribution is 0.0200. The van der Waals surface area contributed by atoms with E-state index in [1.54, 1.807) is 0 Å². The number of sulfonamides is 1. The molecule has 1 unspecified atom stereocenters. The maximum Gasteiger partial charge on any atom is 0.213 e. The Morgan fingerprint density at radius 2 is 2.04 bits per heavy atom. The number of guanidine groups is 1. The molecule has 1 atom stereocenters. The van der Waals surface area contributed by atoms with Gasteiger partial charge in [-0.1, -0.05) is 13.3 Å². The molecule has 1 aliphatic rings. The van der Waals surface area contributed by atoms with Crippen LogP contribution in [0.5, 0.6) is 0 Å². The zero-order valence-electron chi connectivity index (χ0n) is 14.8. The molecule has 144 valence electrons. The first kappa shape index (κ1) is 23.9. The molecule has 3 N–H and O–H groups in total. The monoisotopic (exact) mass is 476 g/mol. The third-order valence-corrected chi connectivity index (χ3v) is 4.94. The van der Waals surface area contributed by atoms with Gasteiger partial charge >= 0.3 is 0 Å². The van der Waals surface area contributed by atoms with Crippen molar-refractivity contribution in [2.75, 3.05) is 38.5 Å². The summed E-state index contributed by atoms with van der Waals surface area (Å²) in [7, 11) is -3.29. The van der Waals surface area contributed by atoms with Crippen LogP contribution in [0.1, 0.15) is 46.0 Å². The largest absolute Gasteiger partial charge is 0.377 e. The van der Waals surface area contributed by atoms with Crippen molar-refractivity contribution in [1.29, 1.82) is 0 Å². The molecule has 7 nitrogen and oxygen atoms in total.